The number of nitrogens with zero attached hydrogens (tertiary/aromatic N) is 1. The predicted octanol–water partition coefficient (Wildman–Crippen LogP) is 0.759. The monoisotopic (exact) mass is 282 g/mol. The highest BCUT2D eigenvalue weighted by atomic mass is 32.2. The zero-order valence-electron chi connectivity index (χ0n) is 10.3. The molecule has 0 aliphatic rings. The molecule has 1 aromatic carbocycles. The fourth-order valence-electron chi connectivity index (χ4n) is 1.47. The molecule has 0 heterocycles. The molecular weight excluding hydrogens is 268 g/mol. The molecule has 1 atom stereocenters. The Hall–Kier alpha value is -1.91. The first kappa shape index (κ1) is 15.1. The van der Waals surface area contributed by atoms with Crippen LogP contribution in [0.3, 0.4) is 0 Å². The van der Waals surface area contributed by atoms with E-state index in [1.54, 1.807) is 24.3 Å². The molecule has 0 fully saturated rings. The predicted molar refractivity (Wildman–Crippen MR) is 69.1 cm³/mol. The van der Waals surface area contributed by atoms with Gasteiger partial charge >= 0.3 is 5.97 Å². The number of nitrogens with one attached hydrogen (secondary N) is 1. The van der Waals surface area contributed by atoms with Crippen molar-refractivity contribution in [2.75, 3.05) is 6.54 Å². The van der Waals surface area contributed by atoms with Crippen molar-refractivity contribution < 1.29 is 18.3 Å². The Kier molecular flexibility index (Phi) is 5.03. The van der Waals surface area contributed by atoms with E-state index in [0.29, 0.717) is 5.56 Å². The number of nitriles is 1. The molecule has 0 aliphatic heterocycles. The van der Waals surface area contributed by atoms with Crippen LogP contribution in [0.5, 0.6) is 0 Å². The molecule has 0 aliphatic carbocycles. The van der Waals surface area contributed by atoms with Gasteiger partial charge in [-0.1, -0.05) is 18.2 Å². The van der Waals surface area contributed by atoms with Gasteiger partial charge in [0.1, 0.15) is 0 Å². The van der Waals surface area contributed by atoms with Crippen molar-refractivity contribution in [3.63, 3.8) is 0 Å². The van der Waals surface area contributed by atoms with E-state index in [1.165, 1.54) is 13.0 Å². The highest BCUT2D eigenvalue weighted by Crippen LogP contribution is 2.09. The zero-order chi connectivity index (χ0) is 14.5. The van der Waals surface area contributed by atoms with E-state index in [2.05, 4.69) is 4.72 Å². The number of sulfonamides is 1. The Morgan fingerprint density at radius 1 is 1.47 bits per heavy atom. The molecule has 0 bridgehead atoms. The van der Waals surface area contributed by atoms with Crippen molar-refractivity contribution in [1.29, 1.82) is 5.26 Å². The standard InChI is InChI=1S/C12H14N2O4S/c1-9(8-13)19(17,18)14-7-6-10-4-2-3-5-11(10)12(15)16/h2-5,9,14H,6-7H2,1H3,(H,15,16). The van der Waals surface area contributed by atoms with Crippen molar-refractivity contribution in [1.82, 2.24) is 4.72 Å². The number of carboxylic acids is 1. The molecule has 0 spiro atoms. The fraction of sp³-hybridized carbons (Fsp3) is 0.333. The van der Waals surface area contributed by atoms with Crippen LogP contribution in [0.4, 0.5) is 0 Å². The second-order valence-electron chi connectivity index (χ2n) is 3.92. The summed E-state index contributed by atoms with van der Waals surface area (Å²) in [6.45, 7) is 1.34. The average molecular weight is 282 g/mol. The third kappa shape index (κ3) is 4.05. The minimum absolute atomic E-state index is 0.0542. The lowest BCUT2D eigenvalue weighted by atomic mass is 10.1. The van der Waals surface area contributed by atoms with Crippen molar-refractivity contribution in [3.05, 3.63) is 35.4 Å². The van der Waals surface area contributed by atoms with Crippen molar-refractivity contribution in [2.45, 2.75) is 18.6 Å². The smallest absolute Gasteiger partial charge is 0.335 e. The van der Waals surface area contributed by atoms with Crippen LogP contribution in [0.1, 0.15) is 22.8 Å². The molecule has 0 saturated carbocycles. The summed E-state index contributed by atoms with van der Waals surface area (Å²) >= 11 is 0. The van der Waals surface area contributed by atoms with Crippen molar-refractivity contribution >= 4 is 16.0 Å². The molecule has 102 valence electrons. The van der Waals surface area contributed by atoms with Crippen molar-refractivity contribution in [2.24, 2.45) is 0 Å². The molecule has 0 radical (unpaired) electrons. The summed E-state index contributed by atoms with van der Waals surface area (Å²) in [5, 5.41) is 16.4. The first-order valence-corrected chi connectivity index (χ1v) is 7.12. The Labute approximate surface area is 111 Å². The van der Waals surface area contributed by atoms with E-state index in [4.69, 9.17) is 10.4 Å². The summed E-state index contributed by atoms with van der Waals surface area (Å²) < 4.78 is 25.3. The van der Waals surface area contributed by atoms with Crippen LogP contribution in [0.15, 0.2) is 24.3 Å². The third-order valence-electron chi connectivity index (χ3n) is 2.59. The zero-order valence-corrected chi connectivity index (χ0v) is 11.1. The van der Waals surface area contributed by atoms with Gasteiger partial charge in [-0.25, -0.2) is 17.9 Å². The Morgan fingerprint density at radius 3 is 2.68 bits per heavy atom. The molecule has 7 heteroatoms. The van der Waals surface area contributed by atoms with Gasteiger partial charge in [-0.2, -0.15) is 5.26 Å². The second kappa shape index (κ2) is 6.31. The van der Waals surface area contributed by atoms with Gasteiger partial charge in [-0.05, 0) is 25.0 Å². The summed E-state index contributed by atoms with van der Waals surface area (Å²) in [7, 11) is -3.67. The SMILES string of the molecule is CC(C#N)S(=O)(=O)NCCc1ccccc1C(=O)O. The maximum absolute atomic E-state index is 11.5. The van der Waals surface area contributed by atoms with Gasteiger partial charge in [0.05, 0.1) is 11.6 Å². The normalized spacial score (nSPS) is 12.6. The molecule has 0 aromatic heterocycles. The molecule has 1 unspecified atom stereocenters. The van der Waals surface area contributed by atoms with E-state index in [9.17, 15) is 13.2 Å². The summed E-state index contributed by atoms with van der Waals surface area (Å²) in [6.07, 6.45) is 0.250. The Bertz CT molecular complexity index is 604. The number of carbonyl (C=O) groups is 1. The number of benzene rings is 1. The molecule has 6 nitrogen and oxygen atoms in total. The van der Waals surface area contributed by atoms with Crippen LogP contribution in [0.2, 0.25) is 0 Å². The fourth-order valence-corrected chi connectivity index (χ4v) is 2.24. The van der Waals surface area contributed by atoms with E-state index in [-0.39, 0.29) is 18.5 Å². The minimum atomic E-state index is -3.67. The third-order valence-corrected chi connectivity index (χ3v) is 4.24. The van der Waals surface area contributed by atoms with Gasteiger partial charge in [0.25, 0.3) is 0 Å². The van der Waals surface area contributed by atoms with E-state index in [0.717, 1.165) is 0 Å². The molecular formula is C12H14N2O4S. The first-order valence-electron chi connectivity index (χ1n) is 5.57. The summed E-state index contributed by atoms with van der Waals surface area (Å²) in [6, 6.07) is 8.03. The lowest BCUT2D eigenvalue weighted by Crippen LogP contribution is -2.33. The van der Waals surface area contributed by atoms with Crippen LogP contribution in [-0.4, -0.2) is 31.3 Å². The second-order valence-corrected chi connectivity index (χ2v) is 6.01. The number of hydrogen-bond donors (Lipinski definition) is 2. The Balaban J connectivity index is 2.70. The molecule has 2 N–H and O–H groups in total. The summed E-state index contributed by atoms with van der Waals surface area (Å²) in [5.74, 6) is -1.05. The van der Waals surface area contributed by atoms with Crippen LogP contribution in [-0.2, 0) is 16.4 Å². The number of aromatic carboxylic acids is 1. The highest BCUT2D eigenvalue weighted by Gasteiger charge is 2.19. The highest BCUT2D eigenvalue weighted by molar-refractivity contribution is 7.90. The van der Waals surface area contributed by atoms with Gasteiger partial charge in [0.2, 0.25) is 10.0 Å². The topological polar surface area (TPSA) is 107 Å². The first-order chi connectivity index (χ1) is 8.88. The number of rotatable bonds is 6. The molecule has 0 saturated heterocycles. The average Bonchev–Trinajstić information content (AvgIpc) is 2.37. The largest absolute Gasteiger partial charge is 0.478 e. The number of carboxylic acid groups (broad SMARTS) is 1. The van der Waals surface area contributed by atoms with Gasteiger partial charge in [-0.3, -0.25) is 0 Å². The van der Waals surface area contributed by atoms with Crippen LogP contribution in [0, 0.1) is 11.3 Å². The summed E-state index contributed by atoms with van der Waals surface area (Å²) in [5.41, 5.74) is 0.692. The maximum atomic E-state index is 11.5. The van der Waals surface area contributed by atoms with Gasteiger partial charge in [0.15, 0.2) is 5.25 Å². The van der Waals surface area contributed by atoms with Gasteiger partial charge in [-0.15, -0.1) is 0 Å². The van der Waals surface area contributed by atoms with E-state index < -0.39 is 21.2 Å². The molecule has 1 aromatic rings. The van der Waals surface area contributed by atoms with Crippen molar-refractivity contribution in [3.8, 4) is 6.07 Å². The van der Waals surface area contributed by atoms with E-state index in [1.807, 2.05) is 0 Å². The summed E-state index contributed by atoms with van der Waals surface area (Å²) in [4.78, 5) is 11.0. The number of hydrogen-bond acceptors (Lipinski definition) is 4. The molecule has 1 rings (SSSR count). The molecule has 19 heavy (non-hydrogen) atoms. The quantitative estimate of drug-likeness (QED) is 0.801. The van der Waals surface area contributed by atoms with Gasteiger partial charge < -0.3 is 5.11 Å². The van der Waals surface area contributed by atoms with Crippen LogP contribution < -0.4 is 4.72 Å². The van der Waals surface area contributed by atoms with E-state index >= 15 is 0 Å². The maximum Gasteiger partial charge on any atom is 0.335 e. The Morgan fingerprint density at radius 2 is 2.11 bits per heavy atom. The van der Waals surface area contributed by atoms with Crippen LogP contribution in [0.25, 0.3) is 0 Å². The van der Waals surface area contributed by atoms with Crippen LogP contribution >= 0.6 is 0 Å². The molecule has 0 amide bonds. The lowest BCUT2D eigenvalue weighted by Gasteiger charge is -2.09. The van der Waals surface area contributed by atoms with Gasteiger partial charge in [0, 0.05) is 6.54 Å². The minimum Gasteiger partial charge on any atom is -0.478 e. The lowest BCUT2D eigenvalue weighted by molar-refractivity contribution is 0.0695.